The second-order valence-electron chi connectivity index (χ2n) is 6.90. The zero-order valence-electron chi connectivity index (χ0n) is 17.2. The second-order valence-corrected chi connectivity index (χ2v) is 6.90. The van der Waals surface area contributed by atoms with E-state index in [4.69, 9.17) is 0 Å². The highest BCUT2D eigenvalue weighted by Gasteiger charge is 2.18. The number of rotatable bonds is 5. The number of nitrogens with zero attached hydrogens (tertiary/aromatic N) is 4. The van der Waals surface area contributed by atoms with Crippen molar-refractivity contribution in [3.05, 3.63) is 64.2 Å². The van der Waals surface area contributed by atoms with Gasteiger partial charge in [-0.1, -0.05) is 6.07 Å². The van der Waals surface area contributed by atoms with Gasteiger partial charge in [-0.3, -0.25) is 9.59 Å². The van der Waals surface area contributed by atoms with Gasteiger partial charge in [0.2, 0.25) is 5.91 Å². The first kappa shape index (κ1) is 20.2. The first-order chi connectivity index (χ1) is 13.8. The van der Waals surface area contributed by atoms with E-state index in [1.54, 1.807) is 36.0 Å². The molecular formula is C21H24N6O2. The molecule has 29 heavy (non-hydrogen) atoms. The van der Waals surface area contributed by atoms with E-state index in [9.17, 15) is 9.59 Å². The van der Waals surface area contributed by atoms with Gasteiger partial charge in [-0.15, -0.1) is 0 Å². The van der Waals surface area contributed by atoms with Crippen LogP contribution in [0.2, 0.25) is 0 Å². The van der Waals surface area contributed by atoms with Crippen LogP contribution in [0.15, 0.2) is 30.3 Å². The largest absolute Gasteiger partial charge is 0.355 e. The fraction of sp³-hybridized carbons (Fsp3) is 0.286. The monoisotopic (exact) mass is 392 g/mol. The van der Waals surface area contributed by atoms with Crippen LogP contribution in [-0.4, -0.2) is 38.6 Å². The van der Waals surface area contributed by atoms with Crippen LogP contribution >= 0.6 is 0 Å². The molecule has 2 N–H and O–H groups in total. The average molecular weight is 392 g/mol. The molecule has 0 atom stereocenters. The molecule has 2 heterocycles. The Labute approximate surface area is 169 Å². The van der Waals surface area contributed by atoms with Crippen molar-refractivity contribution < 1.29 is 9.59 Å². The van der Waals surface area contributed by atoms with Crippen molar-refractivity contribution in [2.45, 2.75) is 34.1 Å². The Hall–Kier alpha value is -3.55. The summed E-state index contributed by atoms with van der Waals surface area (Å²) in [5.41, 5.74) is 5.16. The highest BCUT2D eigenvalue weighted by atomic mass is 16.2. The minimum Gasteiger partial charge on any atom is -0.355 e. The zero-order valence-corrected chi connectivity index (χ0v) is 17.2. The standard InChI is InChI=1S/C21H24N6O2/c1-12-9-13(2)24-21(23-12)27-15(4)18(14(3)26-27)11-19(28)25-17-8-6-7-16(10-17)20(29)22-5/h6-10H,11H2,1-5H3,(H,22,29)(H,25,28). The minimum atomic E-state index is -0.206. The number of aromatic nitrogens is 4. The van der Waals surface area contributed by atoms with Gasteiger partial charge >= 0.3 is 0 Å². The van der Waals surface area contributed by atoms with Crippen LogP contribution < -0.4 is 10.6 Å². The van der Waals surface area contributed by atoms with Crippen LogP contribution in [0.3, 0.4) is 0 Å². The molecule has 3 rings (SSSR count). The summed E-state index contributed by atoms with van der Waals surface area (Å²) in [5.74, 6) is 0.0988. The lowest BCUT2D eigenvalue weighted by atomic mass is 10.1. The van der Waals surface area contributed by atoms with Gasteiger partial charge in [0.1, 0.15) is 0 Å². The Kier molecular flexibility index (Phi) is 5.72. The molecule has 0 aliphatic rings. The number of hydrogen-bond donors (Lipinski definition) is 2. The number of carbonyl (C=O) groups is 2. The maximum absolute atomic E-state index is 12.6. The summed E-state index contributed by atoms with van der Waals surface area (Å²) in [6.07, 6.45) is 0.159. The molecule has 2 aromatic heterocycles. The molecule has 150 valence electrons. The van der Waals surface area contributed by atoms with Gasteiger partial charge in [-0.25, -0.2) is 14.6 Å². The number of anilines is 1. The van der Waals surface area contributed by atoms with Crippen LogP contribution in [0.25, 0.3) is 5.95 Å². The van der Waals surface area contributed by atoms with E-state index in [1.807, 2.05) is 33.8 Å². The van der Waals surface area contributed by atoms with Crippen LogP contribution in [0.4, 0.5) is 5.69 Å². The fourth-order valence-electron chi connectivity index (χ4n) is 3.18. The van der Waals surface area contributed by atoms with Gasteiger partial charge in [-0.2, -0.15) is 5.10 Å². The molecule has 0 spiro atoms. The van der Waals surface area contributed by atoms with Crippen molar-refractivity contribution in [3.8, 4) is 5.95 Å². The smallest absolute Gasteiger partial charge is 0.251 e. The Morgan fingerprint density at radius 3 is 2.38 bits per heavy atom. The summed E-state index contributed by atoms with van der Waals surface area (Å²) in [5, 5.41) is 9.94. The van der Waals surface area contributed by atoms with Crippen LogP contribution in [-0.2, 0) is 11.2 Å². The summed E-state index contributed by atoms with van der Waals surface area (Å²) in [6.45, 7) is 7.58. The molecule has 0 bridgehead atoms. The molecular weight excluding hydrogens is 368 g/mol. The third-order valence-corrected chi connectivity index (χ3v) is 4.57. The molecule has 3 aromatic rings. The molecule has 0 fully saturated rings. The van der Waals surface area contributed by atoms with E-state index in [1.165, 1.54) is 0 Å². The molecule has 8 nitrogen and oxygen atoms in total. The third-order valence-electron chi connectivity index (χ3n) is 4.57. The predicted molar refractivity (Wildman–Crippen MR) is 110 cm³/mol. The summed E-state index contributed by atoms with van der Waals surface area (Å²) in [4.78, 5) is 33.3. The maximum atomic E-state index is 12.6. The first-order valence-electron chi connectivity index (χ1n) is 9.28. The van der Waals surface area contributed by atoms with Gasteiger partial charge in [0, 0.05) is 40.9 Å². The lowest BCUT2D eigenvalue weighted by Gasteiger charge is -2.08. The van der Waals surface area contributed by atoms with Gasteiger partial charge < -0.3 is 10.6 Å². The van der Waals surface area contributed by atoms with E-state index in [0.29, 0.717) is 17.2 Å². The molecule has 0 radical (unpaired) electrons. The predicted octanol–water partition coefficient (Wildman–Crippen LogP) is 2.44. The number of nitrogens with one attached hydrogen (secondary N) is 2. The third kappa shape index (κ3) is 4.48. The lowest BCUT2D eigenvalue weighted by Crippen LogP contribution is -2.19. The molecule has 0 saturated heterocycles. The summed E-state index contributed by atoms with van der Waals surface area (Å²) >= 11 is 0. The molecule has 0 saturated carbocycles. The Morgan fingerprint density at radius 2 is 1.72 bits per heavy atom. The summed E-state index contributed by atoms with van der Waals surface area (Å²) < 4.78 is 1.67. The van der Waals surface area contributed by atoms with Crippen molar-refractivity contribution in [2.24, 2.45) is 0 Å². The van der Waals surface area contributed by atoms with Gasteiger partial charge in [-0.05, 0) is 52.0 Å². The molecule has 8 heteroatoms. The molecule has 0 aliphatic heterocycles. The van der Waals surface area contributed by atoms with Crippen molar-refractivity contribution in [1.29, 1.82) is 0 Å². The minimum absolute atomic E-state index is 0.159. The van der Waals surface area contributed by atoms with Crippen molar-refractivity contribution in [1.82, 2.24) is 25.1 Å². The van der Waals surface area contributed by atoms with E-state index < -0.39 is 0 Å². The number of hydrogen-bond acceptors (Lipinski definition) is 5. The Balaban J connectivity index is 1.81. The van der Waals surface area contributed by atoms with E-state index in [0.717, 1.165) is 28.3 Å². The molecule has 1 aromatic carbocycles. The van der Waals surface area contributed by atoms with Gasteiger partial charge in [0.15, 0.2) is 0 Å². The highest BCUT2D eigenvalue weighted by molar-refractivity contribution is 5.97. The topological polar surface area (TPSA) is 102 Å². The summed E-state index contributed by atoms with van der Waals surface area (Å²) in [7, 11) is 1.57. The Bertz CT molecular complexity index is 1070. The number of carbonyl (C=O) groups excluding carboxylic acids is 2. The van der Waals surface area contributed by atoms with Crippen molar-refractivity contribution >= 4 is 17.5 Å². The molecule has 0 aliphatic carbocycles. The quantitative estimate of drug-likeness (QED) is 0.694. The number of benzene rings is 1. The second kappa shape index (κ2) is 8.22. The van der Waals surface area contributed by atoms with Crippen LogP contribution in [0.1, 0.15) is 38.7 Å². The first-order valence-corrected chi connectivity index (χ1v) is 9.28. The number of amides is 2. The molecule has 0 unspecified atom stereocenters. The lowest BCUT2D eigenvalue weighted by molar-refractivity contribution is -0.115. The van der Waals surface area contributed by atoms with Crippen molar-refractivity contribution in [3.63, 3.8) is 0 Å². The van der Waals surface area contributed by atoms with E-state index in [2.05, 4.69) is 25.7 Å². The normalized spacial score (nSPS) is 10.7. The Morgan fingerprint density at radius 1 is 1.03 bits per heavy atom. The fourth-order valence-corrected chi connectivity index (χ4v) is 3.18. The van der Waals surface area contributed by atoms with Crippen molar-refractivity contribution in [2.75, 3.05) is 12.4 Å². The number of aryl methyl sites for hydroxylation is 3. The van der Waals surface area contributed by atoms with Gasteiger partial charge in [0.05, 0.1) is 12.1 Å². The SMILES string of the molecule is CNC(=O)c1cccc(NC(=O)Cc2c(C)nn(-c3nc(C)cc(C)n3)c2C)c1. The van der Waals surface area contributed by atoms with Crippen LogP contribution in [0, 0.1) is 27.7 Å². The maximum Gasteiger partial charge on any atom is 0.251 e. The van der Waals surface area contributed by atoms with Crippen LogP contribution in [0.5, 0.6) is 0 Å². The van der Waals surface area contributed by atoms with Gasteiger partial charge in [0.25, 0.3) is 11.9 Å². The average Bonchev–Trinajstić information content (AvgIpc) is 2.95. The highest BCUT2D eigenvalue weighted by Crippen LogP contribution is 2.18. The summed E-state index contributed by atoms with van der Waals surface area (Å²) in [6, 6.07) is 8.71. The van der Waals surface area contributed by atoms with E-state index >= 15 is 0 Å². The zero-order chi connectivity index (χ0) is 21.1. The molecule has 2 amide bonds. The van der Waals surface area contributed by atoms with E-state index in [-0.39, 0.29) is 18.2 Å².